The van der Waals surface area contributed by atoms with Crippen LogP contribution >= 0.6 is 0 Å². The highest BCUT2D eigenvalue weighted by molar-refractivity contribution is 5.37. The Morgan fingerprint density at radius 1 is 1.12 bits per heavy atom. The summed E-state index contributed by atoms with van der Waals surface area (Å²) in [6.45, 7) is 4.56. The predicted molar refractivity (Wildman–Crippen MR) is 97.7 cm³/mol. The van der Waals surface area contributed by atoms with Gasteiger partial charge in [0.1, 0.15) is 11.6 Å². The quantitative estimate of drug-likeness (QED) is 0.872. The second-order valence-corrected chi connectivity index (χ2v) is 7.41. The maximum atomic E-state index is 9.67. The molecular weight excluding hydrogens is 330 g/mol. The topological polar surface area (TPSA) is 83.2 Å². The number of nitrogens with zero attached hydrogens (tertiary/aromatic N) is 7. The van der Waals surface area contributed by atoms with E-state index in [0.717, 1.165) is 75.9 Å². The molecule has 4 heterocycles. The van der Waals surface area contributed by atoms with E-state index in [2.05, 4.69) is 41.8 Å². The fraction of sp³-hybridized carbons (Fsp3) is 0.667. The minimum Gasteiger partial charge on any atom is -0.393 e. The Kier molecular flexibility index (Phi) is 5.12. The monoisotopic (exact) mass is 357 g/mol. The van der Waals surface area contributed by atoms with E-state index in [1.54, 1.807) is 6.20 Å². The van der Waals surface area contributed by atoms with Crippen LogP contribution in [0.25, 0.3) is 0 Å². The first-order chi connectivity index (χ1) is 12.7. The van der Waals surface area contributed by atoms with Crippen LogP contribution in [0.15, 0.2) is 18.3 Å². The Bertz CT molecular complexity index is 712. The molecule has 1 N–H and O–H groups in total. The second kappa shape index (κ2) is 7.67. The van der Waals surface area contributed by atoms with Crippen molar-refractivity contribution in [1.82, 2.24) is 29.9 Å². The van der Waals surface area contributed by atoms with Gasteiger partial charge < -0.3 is 14.6 Å². The zero-order valence-electron chi connectivity index (χ0n) is 15.3. The molecule has 2 aromatic heterocycles. The van der Waals surface area contributed by atoms with Gasteiger partial charge >= 0.3 is 0 Å². The summed E-state index contributed by atoms with van der Waals surface area (Å²) in [7, 11) is 2.07. The minimum atomic E-state index is -0.143. The van der Waals surface area contributed by atoms with Gasteiger partial charge in [-0.15, -0.1) is 15.3 Å². The predicted octanol–water partition coefficient (Wildman–Crippen LogP) is 0.946. The molecule has 0 aromatic carbocycles. The third-order valence-corrected chi connectivity index (χ3v) is 5.59. The van der Waals surface area contributed by atoms with Crippen LogP contribution in [0.1, 0.15) is 43.3 Å². The van der Waals surface area contributed by atoms with Crippen LogP contribution in [0.5, 0.6) is 0 Å². The highest BCUT2D eigenvalue weighted by Crippen LogP contribution is 2.28. The van der Waals surface area contributed by atoms with Gasteiger partial charge in [0, 0.05) is 45.3 Å². The summed E-state index contributed by atoms with van der Waals surface area (Å²) in [6.07, 6.45) is 5.50. The summed E-state index contributed by atoms with van der Waals surface area (Å²) < 4.78 is 2.16. The van der Waals surface area contributed by atoms with Gasteiger partial charge in [0.25, 0.3) is 0 Å². The van der Waals surface area contributed by atoms with E-state index in [1.165, 1.54) is 0 Å². The highest BCUT2D eigenvalue weighted by atomic mass is 16.3. The lowest BCUT2D eigenvalue weighted by Crippen LogP contribution is -2.36. The van der Waals surface area contributed by atoms with Crippen molar-refractivity contribution >= 4 is 5.82 Å². The van der Waals surface area contributed by atoms with Crippen LogP contribution in [-0.2, 0) is 13.6 Å². The molecule has 2 fully saturated rings. The number of piperidine rings is 2. The van der Waals surface area contributed by atoms with Crippen LogP contribution in [-0.4, -0.2) is 67.3 Å². The van der Waals surface area contributed by atoms with Gasteiger partial charge in [-0.1, -0.05) is 0 Å². The molecule has 26 heavy (non-hydrogen) atoms. The molecule has 2 saturated heterocycles. The fourth-order valence-corrected chi connectivity index (χ4v) is 4.00. The van der Waals surface area contributed by atoms with Crippen molar-refractivity contribution in [1.29, 1.82) is 0 Å². The van der Waals surface area contributed by atoms with E-state index in [-0.39, 0.29) is 6.10 Å². The van der Waals surface area contributed by atoms with Crippen molar-refractivity contribution in [3.63, 3.8) is 0 Å². The number of likely N-dealkylation sites (tertiary alicyclic amines) is 1. The molecular formula is C18H27N7O. The maximum absolute atomic E-state index is 9.67. The molecule has 2 aromatic rings. The Morgan fingerprint density at radius 3 is 2.73 bits per heavy atom. The van der Waals surface area contributed by atoms with Crippen molar-refractivity contribution in [2.45, 2.75) is 44.2 Å². The SMILES string of the molecule is Cn1c(CN2CCC(O)CC2)nnc1[C@H]1CCCN(c2cccnn2)C1. The number of aliphatic hydroxyl groups is 1. The first-order valence-electron chi connectivity index (χ1n) is 9.52. The van der Waals surface area contributed by atoms with Crippen LogP contribution in [0, 0.1) is 0 Å². The smallest absolute Gasteiger partial charge is 0.151 e. The number of aromatic nitrogens is 5. The summed E-state index contributed by atoms with van der Waals surface area (Å²) >= 11 is 0. The lowest BCUT2D eigenvalue weighted by molar-refractivity contribution is 0.0775. The number of hydrogen-bond donors (Lipinski definition) is 1. The van der Waals surface area contributed by atoms with Gasteiger partial charge in [0.05, 0.1) is 12.6 Å². The number of anilines is 1. The zero-order chi connectivity index (χ0) is 17.9. The molecule has 2 aliphatic heterocycles. The van der Waals surface area contributed by atoms with Gasteiger partial charge in [-0.2, -0.15) is 5.10 Å². The van der Waals surface area contributed by atoms with E-state index in [1.807, 2.05) is 12.1 Å². The van der Waals surface area contributed by atoms with Gasteiger partial charge in [0.15, 0.2) is 5.82 Å². The largest absolute Gasteiger partial charge is 0.393 e. The van der Waals surface area contributed by atoms with Crippen LogP contribution in [0.3, 0.4) is 0 Å². The van der Waals surface area contributed by atoms with Gasteiger partial charge in [-0.25, -0.2) is 0 Å². The van der Waals surface area contributed by atoms with Crippen molar-refractivity contribution in [3.8, 4) is 0 Å². The lowest BCUT2D eigenvalue weighted by Gasteiger charge is -2.32. The molecule has 0 amide bonds. The maximum Gasteiger partial charge on any atom is 0.151 e. The number of rotatable bonds is 4. The van der Waals surface area contributed by atoms with E-state index in [4.69, 9.17) is 0 Å². The number of aliphatic hydroxyl groups excluding tert-OH is 1. The summed E-state index contributed by atoms with van der Waals surface area (Å²) in [5, 5.41) is 26.9. The van der Waals surface area contributed by atoms with Crippen molar-refractivity contribution in [3.05, 3.63) is 30.0 Å². The third-order valence-electron chi connectivity index (χ3n) is 5.59. The Balaban J connectivity index is 1.44. The normalized spacial score (nSPS) is 22.7. The average molecular weight is 357 g/mol. The molecule has 140 valence electrons. The summed E-state index contributed by atoms with van der Waals surface area (Å²) in [4.78, 5) is 4.65. The molecule has 8 nitrogen and oxygen atoms in total. The molecule has 0 bridgehead atoms. The van der Waals surface area contributed by atoms with Gasteiger partial charge in [0.2, 0.25) is 0 Å². The molecule has 0 spiro atoms. The minimum absolute atomic E-state index is 0.143. The van der Waals surface area contributed by atoms with Crippen LogP contribution in [0.4, 0.5) is 5.82 Å². The molecule has 8 heteroatoms. The lowest BCUT2D eigenvalue weighted by atomic mass is 9.97. The zero-order valence-corrected chi connectivity index (χ0v) is 15.3. The Labute approximate surface area is 153 Å². The van der Waals surface area contributed by atoms with Crippen molar-refractivity contribution in [2.75, 3.05) is 31.1 Å². The number of hydrogen-bond acceptors (Lipinski definition) is 7. The van der Waals surface area contributed by atoms with E-state index >= 15 is 0 Å². The van der Waals surface area contributed by atoms with E-state index < -0.39 is 0 Å². The highest BCUT2D eigenvalue weighted by Gasteiger charge is 2.27. The first-order valence-corrected chi connectivity index (χ1v) is 9.52. The summed E-state index contributed by atoms with van der Waals surface area (Å²) in [5.41, 5.74) is 0. The van der Waals surface area contributed by atoms with E-state index in [9.17, 15) is 5.11 Å². The molecule has 0 saturated carbocycles. The summed E-state index contributed by atoms with van der Waals surface area (Å²) in [6, 6.07) is 3.95. The van der Waals surface area contributed by atoms with Crippen LogP contribution < -0.4 is 4.90 Å². The first kappa shape index (κ1) is 17.4. The molecule has 0 radical (unpaired) electrons. The Morgan fingerprint density at radius 2 is 1.96 bits per heavy atom. The van der Waals surface area contributed by atoms with Gasteiger partial charge in [-0.3, -0.25) is 4.90 Å². The van der Waals surface area contributed by atoms with E-state index in [0.29, 0.717) is 5.92 Å². The summed E-state index contributed by atoms with van der Waals surface area (Å²) in [5.74, 6) is 3.37. The molecule has 4 rings (SSSR count). The van der Waals surface area contributed by atoms with Crippen molar-refractivity contribution < 1.29 is 5.11 Å². The molecule has 0 unspecified atom stereocenters. The Hall–Kier alpha value is -2.06. The average Bonchev–Trinajstić information content (AvgIpc) is 3.05. The molecule has 1 atom stereocenters. The van der Waals surface area contributed by atoms with Crippen LogP contribution in [0.2, 0.25) is 0 Å². The van der Waals surface area contributed by atoms with Gasteiger partial charge in [-0.05, 0) is 37.8 Å². The fourth-order valence-electron chi connectivity index (χ4n) is 4.00. The second-order valence-electron chi connectivity index (χ2n) is 7.41. The molecule has 2 aliphatic rings. The third kappa shape index (κ3) is 3.71. The molecule has 0 aliphatic carbocycles. The standard InChI is InChI=1S/C18H27N7O/c1-23-17(13-24-10-6-15(26)7-11-24)21-22-18(23)14-4-3-9-25(12-14)16-5-2-8-19-20-16/h2,5,8,14-15,26H,3-4,6-7,9-13H2,1H3/t14-/m0/s1. The van der Waals surface area contributed by atoms with Crippen molar-refractivity contribution in [2.24, 2.45) is 7.05 Å².